The molecule has 0 spiro atoms. The van der Waals surface area contributed by atoms with Gasteiger partial charge in [0, 0.05) is 10.1 Å². The molecule has 0 saturated heterocycles. The molecule has 0 bridgehead atoms. The number of fused-ring (bicyclic) bond motifs is 4. The molecule has 2 aliphatic rings. The maximum Gasteiger partial charge on any atom is 0.0776 e. The molecule has 2 aromatic carbocycles. The Morgan fingerprint density at radius 1 is 0.421 bits per heavy atom. The largest absolute Gasteiger partial charge is 0.0776 e. The van der Waals surface area contributed by atoms with Crippen LogP contribution in [0.15, 0.2) is 48.5 Å². The third-order valence-electron chi connectivity index (χ3n) is 12.2. The van der Waals surface area contributed by atoms with Gasteiger partial charge in [-0.05, 0) is 66.6 Å². The zero-order valence-electron chi connectivity index (χ0n) is 27.1. The molecule has 0 aromatic heterocycles. The second-order valence-electron chi connectivity index (χ2n) is 14.9. The summed E-state index contributed by atoms with van der Waals surface area (Å²) in [7, 11) is -3.94. The Balaban J connectivity index is 2.30. The molecule has 0 amide bonds. The van der Waals surface area contributed by atoms with Crippen LogP contribution in [0.3, 0.4) is 0 Å². The Morgan fingerprint density at radius 3 is 0.895 bits per heavy atom. The minimum Gasteiger partial charge on any atom is -0.0651 e. The lowest BCUT2D eigenvalue weighted by Crippen LogP contribution is -2.60. The van der Waals surface area contributed by atoms with Crippen LogP contribution in [-0.4, -0.2) is 16.1 Å². The monoisotopic (exact) mass is 544 g/mol. The van der Waals surface area contributed by atoms with E-state index in [9.17, 15) is 0 Å². The van der Waals surface area contributed by atoms with E-state index in [2.05, 4.69) is 145 Å². The minimum atomic E-state index is -1.97. The van der Waals surface area contributed by atoms with Gasteiger partial charge in [0.15, 0.2) is 0 Å². The van der Waals surface area contributed by atoms with Crippen molar-refractivity contribution in [3.05, 3.63) is 70.8 Å². The second kappa shape index (κ2) is 9.62. The van der Waals surface area contributed by atoms with E-state index in [4.69, 9.17) is 0 Å². The topological polar surface area (TPSA) is 0 Å². The lowest BCUT2D eigenvalue weighted by atomic mass is 9.87. The molecule has 2 heteroatoms. The molecule has 4 rings (SSSR count). The van der Waals surface area contributed by atoms with Gasteiger partial charge in [0.2, 0.25) is 0 Å². The van der Waals surface area contributed by atoms with Crippen molar-refractivity contribution >= 4 is 27.3 Å². The Bertz CT molecular complexity index is 1090. The lowest BCUT2D eigenvalue weighted by molar-refractivity contribution is 0.686. The SMILES string of the molecule is CC(C)[Si](C(C)C)(C(C)C)[C@@]1(C)C2=C(c3ccccc31)[C@](C)([Si](C(C)C)(C(C)C)C(C)C)c1ccccc12. The van der Waals surface area contributed by atoms with Crippen LogP contribution in [0.2, 0.25) is 33.2 Å². The highest BCUT2D eigenvalue weighted by Gasteiger charge is 2.69. The minimum absolute atomic E-state index is 0.0777. The fraction of sp³-hybridized carbons (Fsp3) is 0.611. The average Bonchev–Trinajstić information content (AvgIpc) is 3.23. The van der Waals surface area contributed by atoms with E-state index in [1.807, 2.05) is 0 Å². The maximum absolute atomic E-state index is 2.71. The molecule has 0 saturated carbocycles. The molecule has 0 nitrogen and oxygen atoms in total. The quantitative estimate of drug-likeness (QED) is 0.290. The zero-order valence-corrected chi connectivity index (χ0v) is 29.1. The molecule has 0 heterocycles. The molecule has 0 radical (unpaired) electrons. The van der Waals surface area contributed by atoms with Gasteiger partial charge >= 0.3 is 0 Å². The van der Waals surface area contributed by atoms with Gasteiger partial charge < -0.3 is 0 Å². The van der Waals surface area contributed by atoms with Gasteiger partial charge in [-0.15, -0.1) is 0 Å². The summed E-state index contributed by atoms with van der Waals surface area (Å²) in [5, 5.41) is 0.155. The molecule has 208 valence electrons. The summed E-state index contributed by atoms with van der Waals surface area (Å²) in [6.45, 7) is 36.2. The first kappa shape index (κ1) is 29.6. The van der Waals surface area contributed by atoms with Crippen LogP contribution in [0.1, 0.15) is 119 Å². The molecule has 0 N–H and O–H groups in total. The summed E-state index contributed by atoms with van der Waals surface area (Å²) in [5.41, 5.74) is 14.1. The van der Waals surface area contributed by atoms with Crippen LogP contribution in [0.4, 0.5) is 0 Å². The zero-order chi connectivity index (χ0) is 28.6. The van der Waals surface area contributed by atoms with E-state index in [1.165, 1.54) is 0 Å². The summed E-state index contributed by atoms with van der Waals surface area (Å²) in [6, 6.07) is 19.4. The normalized spacial score (nSPS) is 23.5. The predicted molar refractivity (Wildman–Crippen MR) is 176 cm³/mol. The first-order chi connectivity index (χ1) is 17.6. The summed E-state index contributed by atoms with van der Waals surface area (Å²) < 4.78 is 0. The van der Waals surface area contributed by atoms with Gasteiger partial charge in [-0.2, -0.15) is 0 Å². The van der Waals surface area contributed by atoms with E-state index < -0.39 is 16.1 Å². The van der Waals surface area contributed by atoms with Crippen molar-refractivity contribution in [2.75, 3.05) is 0 Å². The number of allylic oxidation sites excluding steroid dienone is 2. The Kier molecular flexibility index (Phi) is 7.49. The molecule has 0 unspecified atom stereocenters. The number of rotatable bonds is 8. The highest BCUT2D eigenvalue weighted by molar-refractivity contribution is 6.90. The van der Waals surface area contributed by atoms with Gasteiger partial charge in [-0.25, -0.2) is 0 Å². The van der Waals surface area contributed by atoms with Crippen molar-refractivity contribution in [2.45, 2.75) is 140 Å². The van der Waals surface area contributed by atoms with Crippen molar-refractivity contribution in [1.29, 1.82) is 0 Å². The van der Waals surface area contributed by atoms with Crippen LogP contribution in [-0.2, 0) is 10.1 Å². The van der Waals surface area contributed by atoms with Crippen molar-refractivity contribution in [3.8, 4) is 0 Å². The van der Waals surface area contributed by atoms with Crippen molar-refractivity contribution < 1.29 is 0 Å². The average molecular weight is 545 g/mol. The third-order valence-corrected chi connectivity index (χ3v) is 28.2. The highest BCUT2D eigenvalue weighted by Crippen LogP contribution is 2.73. The highest BCUT2D eigenvalue weighted by atomic mass is 28.3. The van der Waals surface area contributed by atoms with Crippen molar-refractivity contribution in [2.24, 2.45) is 0 Å². The van der Waals surface area contributed by atoms with Crippen LogP contribution in [0.5, 0.6) is 0 Å². The standard InChI is InChI=1S/C36H56Si2/c1-23(2)37(24(3)4,25(5)6)35(13)31-21-17-15-19-29(31)34-33(35)30-20-16-18-22-32(30)36(34,14)38(26(7)8,27(9)10)28(11)12/h15-28H,1-14H3/t35-,36-/m1/s1. The van der Waals surface area contributed by atoms with E-state index in [-0.39, 0.29) is 10.1 Å². The maximum atomic E-state index is 2.71. The van der Waals surface area contributed by atoms with Gasteiger partial charge in [0.25, 0.3) is 0 Å². The molecule has 0 aliphatic heterocycles. The van der Waals surface area contributed by atoms with Crippen LogP contribution in [0, 0.1) is 0 Å². The first-order valence-electron chi connectivity index (χ1n) is 15.6. The van der Waals surface area contributed by atoms with E-state index in [0.717, 1.165) is 0 Å². The van der Waals surface area contributed by atoms with Crippen molar-refractivity contribution in [3.63, 3.8) is 0 Å². The summed E-state index contributed by atoms with van der Waals surface area (Å²) in [5.74, 6) is 0. The molecule has 2 aromatic rings. The van der Waals surface area contributed by atoms with Gasteiger partial charge in [0.1, 0.15) is 0 Å². The second-order valence-corrected chi connectivity index (χ2v) is 27.5. The third kappa shape index (κ3) is 3.20. The van der Waals surface area contributed by atoms with Gasteiger partial charge in [-0.1, -0.05) is 145 Å². The number of benzene rings is 2. The lowest BCUT2D eigenvalue weighted by Gasteiger charge is -2.56. The summed E-state index contributed by atoms with van der Waals surface area (Å²) in [6.07, 6.45) is 0. The number of hydrogen-bond donors (Lipinski definition) is 0. The molecule has 0 fully saturated rings. The Labute approximate surface area is 237 Å². The molecular formula is C36H56Si2. The van der Waals surface area contributed by atoms with E-state index >= 15 is 0 Å². The van der Waals surface area contributed by atoms with Crippen molar-refractivity contribution in [1.82, 2.24) is 0 Å². The fourth-order valence-electron chi connectivity index (χ4n) is 12.2. The predicted octanol–water partition coefficient (Wildman–Crippen LogP) is 11.6. The fourth-order valence-corrected chi connectivity index (χ4v) is 29.9. The van der Waals surface area contributed by atoms with Crippen LogP contribution in [0.25, 0.3) is 11.1 Å². The first-order valence-corrected chi connectivity index (χ1v) is 20.0. The summed E-state index contributed by atoms with van der Waals surface area (Å²) in [4.78, 5) is 0. The molecule has 2 aliphatic carbocycles. The molecule has 38 heavy (non-hydrogen) atoms. The molecular weight excluding hydrogens is 489 g/mol. The Hall–Kier alpha value is -1.39. The van der Waals surface area contributed by atoms with Crippen LogP contribution < -0.4 is 0 Å². The molecule has 2 atom stereocenters. The number of hydrogen-bond acceptors (Lipinski definition) is 0. The van der Waals surface area contributed by atoms with Gasteiger partial charge in [0.05, 0.1) is 16.1 Å². The van der Waals surface area contributed by atoms with E-state index in [1.54, 1.807) is 33.4 Å². The smallest absolute Gasteiger partial charge is 0.0651 e. The Morgan fingerprint density at radius 2 is 0.658 bits per heavy atom. The summed E-state index contributed by atoms with van der Waals surface area (Å²) >= 11 is 0. The van der Waals surface area contributed by atoms with Gasteiger partial charge in [-0.3, -0.25) is 0 Å². The van der Waals surface area contributed by atoms with E-state index in [0.29, 0.717) is 33.2 Å². The van der Waals surface area contributed by atoms with Crippen LogP contribution >= 0.6 is 0 Å².